The Bertz CT molecular complexity index is 361. The second kappa shape index (κ2) is 3.80. The molecule has 6 nitrogen and oxygen atoms in total. The van der Waals surface area contributed by atoms with Crippen molar-refractivity contribution in [3.8, 4) is 0 Å². The van der Waals surface area contributed by atoms with Crippen LogP contribution in [0.1, 0.15) is 12.8 Å². The van der Waals surface area contributed by atoms with E-state index in [-0.39, 0.29) is 11.8 Å². The van der Waals surface area contributed by atoms with Gasteiger partial charge >= 0.3 is 0 Å². The third-order valence-corrected chi connectivity index (χ3v) is 2.81. The van der Waals surface area contributed by atoms with E-state index in [1.165, 1.54) is 0 Å². The lowest BCUT2D eigenvalue weighted by Crippen LogP contribution is -2.41. The van der Waals surface area contributed by atoms with Gasteiger partial charge in [0.2, 0.25) is 5.91 Å². The molecule has 2 heterocycles. The molecule has 6 heteroatoms. The third kappa shape index (κ3) is 1.88. The zero-order valence-electron chi connectivity index (χ0n) is 8.44. The number of rotatable bonds is 2. The van der Waals surface area contributed by atoms with Crippen LogP contribution < -0.4 is 16.4 Å². The van der Waals surface area contributed by atoms with Crippen LogP contribution in [0.2, 0.25) is 0 Å². The van der Waals surface area contributed by atoms with E-state index >= 15 is 0 Å². The van der Waals surface area contributed by atoms with Crippen molar-refractivity contribution in [3.05, 3.63) is 6.20 Å². The van der Waals surface area contributed by atoms with E-state index in [1.807, 2.05) is 0 Å². The molecule has 0 radical (unpaired) electrons. The number of anilines is 2. The molecule has 0 aromatic carbocycles. The first-order valence-electron chi connectivity index (χ1n) is 5.01. The van der Waals surface area contributed by atoms with Gasteiger partial charge < -0.3 is 16.4 Å². The molecular weight excluding hydrogens is 194 g/mol. The van der Waals surface area contributed by atoms with Gasteiger partial charge in [0, 0.05) is 13.1 Å². The molecule has 0 spiro atoms. The lowest BCUT2D eigenvalue weighted by molar-refractivity contribution is -0.122. The summed E-state index contributed by atoms with van der Waals surface area (Å²) in [4.78, 5) is 13.1. The molecule has 2 rings (SSSR count). The van der Waals surface area contributed by atoms with Gasteiger partial charge in [0.05, 0.1) is 17.8 Å². The van der Waals surface area contributed by atoms with E-state index in [4.69, 9.17) is 11.5 Å². The number of nitrogens with one attached hydrogen (secondary N) is 1. The van der Waals surface area contributed by atoms with Crippen molar-refractivity contribution in [2.24, 2.45) is 11.7 Å². The average Bonchev–Trinajstić information content (AvgIpc) is 2.64. The van der Waals surface area contributed by atoms with Crippen LogP contribution in [-0.2, 0) is 4.79 Å². The number of primary amides is 1. The Morgan fingerprint density at radius 2 is 2.47 bits per heavy atom. The predicted molar refractivity (Wildman–Crippen MR) is 57.1 cm³/mol. The van der Waals surface area contributed by atoms with Crippen LogP contribution in [-0.4, -0.2) is 29.2 Å². The predicted octanol–water partition coefficient (Wildman–Crippen LogP) is -0.306. The fourth-order valence-corrected chi connectivity index (χ4v) is 1.97. The number of carbonyl (C=O) groups excluding carboxylic acids is 1. The number of nitrogen functional groups attached to an aromatic ring is 1. The number of amides is 1. The lowest BCUT2D eigenvalue weighted by atomic mass is 9.97. The van der Waals surface area contributed by atoms with E-state index < -0.39 is 0 Å². The topological polar surface area (TPSA) is 101 Å². The van der Waals surface area contributed by atoms with Crippen molar-refractivity contribution < 1.29 is 4.79 Å². The molecule has 15 heavy (non-hydrogen) atoms. The largest absolute Gasteiger partial charge is 0.382 e. The molecule has 1 aromatic heterocycles. The first-order valence-corrected chi connectivity index (χ1v) is 5.01. The van der Waals surface area contributed by atoms with Crippen molar-refractivity contribution in [1.82, 2.24) is 10.2 Å². The number of aromatic amines is 1. The van der Waals surface area contributed by atoms with Gasteiger partial charge in [-0.2, -0.15) is 5.10 Å². The van der Waals surface area contributed by atoms with Crippen molar-refractivity contribution in [3.63, 3.8) is 0 Å². The van der Waals surface area contributed by atoms with E-state index in [9.17, 15) is 4.79 Å². The molecule has 0 bridgehead atoms. The molecule has 1 fully saturated rings. The van der Waals surface area contributed by atoms with Crippen LogP contribution in [0.25, 0.3) is 0 Å². The second-order valence-electron chi connectivity index (χ2n) is 3.86. The zero-order chi connectivity index (χ0) is 10.8. The third-order valence-electron chi connectivity index (χ3n) is 2.81. The Morgan fingerprint density at radius 1 is 1.67 bits per heavy atom. The molecular formula is C9H15N5O. The van der Waals surface area contributed by atoms with Crippen LogP contribution in [0.4, 0.5) is 11.5 Å². The van der Waals surface area contributed by atoms with E-state index in [0.717, 1.165) is 25.1 Å². The molecule has 1 aromatic rings. The van der Waals surface area contributed by atoms with Crippen LogP contribution in [0, 0.1) is 5.92 Å². The maximum absolute atomic E-state index is 11.1. The van der Waals surface area contributed by atoms with Gasteiger partial charge in [-0.1, -0.05) is 0 Å². The quantitative estimate of drug-likeness (QED) is 0.622. The Labute approximate surface area is 87.6 Å². The molecule has 5 N–H and O–H groups in total. The van der Waals surface area contributed by atoms with Crippen molar-refractivity contribution in [1.29, 1.82) is 0 Å². The van der Waals surface area contributed by atoms with Crippen LogP contribution >= 0.6 is 0 Å². The van der Waals surface area contributed by atoms with E-state index in [0.29, 0.717) is 12.4 Å². The maximum atomic E-state index is 11.1. The SMILES string of the molecule is NC(=O)C1CCCN(c2cn[nH]c2N)C1. The van der Waals surface area contributed by atoms with Crippen molar-refractivity contribution in [2.75, 3.05) is 23.7 Å². The molecule has 1 aliphatic heterocycles. The fourth-order valence-electron chi connectivity index (χ4n) is 1.97. The molecule has 1 atom stereocenters. The minimum atomic E-state index is -0.234. The van der Waals surface area contributed by atoms with Crippen molar-refractivity contribution >= 4 is 17.4 Å². The Hall–Kier alpha value is -1.72. The maximum Gasteiger partial charge on any atom is 0.222 e. The normalized spacial score (nSPS) is 21.6. The fraction of sp³-hybridized carbons (Fsp3) is 0.556. The summed E-state index contributed by atoms with van der Waals surface area (Å²) in [6.45, 7) is 1.53. The Morgan fingerprint density at radius 3 is 3.07 bits per heavy atom. The number of aromatic nitrogens is 2. The highest BCUT2D eigenvalue weighted by molar-refractivity contribution is 5.78. The zero-order valence-corrected chi connectivity index (χ0v) is 8.44. The van der Waals surface area contributed by atoms with Crippen LogP contribution in [0.15, 0.2) is 6.20 Å². The highest BCUT2D eigenvalue weighted by atomic mass is 16.1. The number of H-pyrrole nitrogens is 1. The van der Waals surface area contributed by atoms with E-state index in [1.54, 1.807) is 6.20 Å². The molecule has 0 aliphatic carbocycles. The minimum absolute atomic E-state index is 0.0759. The summed E-state index contributed by atoms with van der Waals surface area (Å²) in [5, 5.41) is 6.54. The number of nitrogens with zero attached hydrogens (tertiary/aromatic N) is 2. The van der Waals surface area contributed by atoms with Gasteiger partial charge in [-0.3, -0.25) is 9.89 Å². The van der Waals surface area contributed by atoms with Gasteiger partial charge in [-0.05, 0) is 12.8 Å². The summed E-state index contributed by atoms with van der Waals surface area (Å²) in [6, 6.07) is 0. The van der Waals surface area contributed by atoms with Crippen molar-refractivity contribution in [2.45, 2.75) is 12.8 Å². The molecule has 0 saturated carbocycles. The highest BCUT2D eigenvalue weighted by Gasteiger charge is 2.25. The van der Waals surface area contributed by atoms with Gasteiger partial charge in [0.1, 0.15) is 5.82 Å². The first kappa shape index (κ1) is 9.82. The van der Waals surface area contributed by atoms with Gasteiger partial charge in [-0.15, -0.1) is 0 Å². The summed E-state index contributed by atoms with van der Waals surface area (Å²) in [5.74, 6) is 0.231. The van der Waals surface area contributed by atoms with Crippen LogP contribution in [0.5, 0.6) is 0 Å². The van der Waals surface area contributed by atoms with E-state index in [2.05, 4.69) is 15.1 Å². The average molecular weight is 209 g/mol. The number of hydrogen-bond donors (Lipinski definition) is 3. The van der Waals surface area contributed by atoms with Gasteiger partial charge in [0.15, 0.2) is 0 Å². The summed E-state index contributed by atoms with van der Waals surface area (Å²) >= 11 is 0. The second-order valence-corrected chi connectivity index (χ2v) is 3.86. The monoisotopic (exact) mass is 209 g/mol. The molecule has 1 unspecified atom stereocenters. The Balaban J connectivity index is 2.11. The first-order chi connectivity index (χ1) is 7.18. The summed E-state index contributed by atoms with van der Waals surface area (Å²) in [5.41, 5.74) is 11.9. The molecule has 1 amide bonds. The number of carbonyl (C=O) groups is 1. The highest BCUT2D eigenvalue weighted by Crippen LogP contribution is 2.25. The summed E-state index contributed by atoms with van der Waals surface area (Å²) < 4.78 is 0. The Kier molecular flexibility index (Phi) is 2.49. The minimum Gasteiger partial charge on any atom is -0.382 e. The summed E-state index contributed by atoms with van der Waals surface area (Å²) in [6.07, 6.45) is 3.50. The lowest BCUT2D eigenvalue weighted by Gasteiger charge is -2.32. The standard InChI is InChI=1S/C9H15N5O/c10-8-7(4-12-13-8)14-3-1-2-6(5-14)9(11)15/h4,6H,1-3,5H2,(H2,11,15)(H3,10,12,13). The number of piperidine rings is 1. The van der Waals surface area contributed by atoms with Gasteiger partial charge in [-0.25, -0.2) is 0 Å². The smallest absolute Gasteiger partial charge is 0.222 e. The van der Waals surface area contributed by atoms with Crippen LogP contribution in [0.3, 0.4) is 0 Å². The number of hydrogen-bond acceptors (Lipinski definition) is 4. The molecule has 1 aliphatic rings. The summed E-state index contributed by atoms with van der Waals surface area (Å²) in [7, 11) is 0. The number of nitrogens with two attached hydrogens (primary N) is 2. The molecule has 82 valence electrons. The van der Waals surface area contributed by atoms with Gasteiger partial charge in [0.25, 0.3) is 0 Å². The molecule has 1 saturated heterocycles.